The Labute approximate surface area is 191 Å². The van der Waals surface area contributed by atoms with Crippen LogP contribution in [-0.2, 0) is 12.6 Å². The molecule has 1 atom stereocenters. The number of nitrogens with zero attached hydrogens (tertiary/aromatic N) is 5. The quantitative estimate of drug-likeness (QED) is 0.457. The van der Waals surface area contributed by atoms with Crippen molar-refractivity contribution in [1.82, 2.24) is 29.7 Å². The van der Waals surface area contributed by atoms with Crippen molar-refractivity contribution in [3.05, 3.63) is 75.5 Å². The number of hydrogen-bond acceptors (Lipinski definition) is 6. The van der Waals surface area contributed by atoms with Crippen LogP contribution in [0.3, 0.4) is 0 Å². The fourth-order valence-electron chi connectivity index (χ4n) is 3.88. The largest absolute Gasteiger partial charge is 0.495 e. The maximum atomic E-state index is 13.0. The first-order chi connectivity index (χ1) is 16.2. The lowest BCUT2D eigenvalue weighted by Crippen LogP contribution is -2.16. The second-order valence-corrected chi connectivity index (χ2v) is 8.33. The van der Waals surface area contributed by atoms with Crippen LogP contribution in [0.1, 0.15) is 60.2 Å². The van der Waals surface area contributed by atoms with Gasteiger partial charge in [-0.3, -0.25) is 14.8 Å². The number of pyridine rings is 2. The predicted octanol–water partition coefficient (Wildman–Crippen LogP) is 4.01. The van der Waals surface area contributed by atoms with E-state index in [9.17, 15) is 18.0 Å². The molecule has 4 aromatic heterocycles. The Bertz CT molecular complexity index is 1390. The third kappa shape index (κ3) is 4.13. The molecule has 1 aliphatic carbocycles. The molecule has 4 aromatic rings. The van der Waals surface area contributed by atoms with Gasteiger partial charge in [0.25, 0.3) is 5.56 Å². The molecule has 1 aliphatic rings. The van der Waals surface area contributed by atoms with Crippen molar-refractivity contribution in [3.63, 3.8) is 0 Å². The average Bonchev–Trinajstić information content (AvgIpc) is 3.59. The van der Waals surface area contributed by atoms with Crippen molar-refractivity contribution in [2.45, 2.75) is 44.3 Å². The van der Waals surface area contributed by atoms with Gasteiger partial charge in [-0.2, -0.15) is 18.3 Å². The summed E-state index contributed by atoms with van der Waals surface area (Å²) in [5.74, 6) is 1.21. The fraction of sp³-hybridized carbons (Fsp3) is 0.348. The van der Waals surface area contributed by atoms with E-state index in [2.05, 4.69) is 25.0 Å². The minimum absolute atomic E-state index is 0.179. The molecular formula is C23H21F3N6O2. The summed E-state index contributed by atoms with van der Waals surface area (Å²) in [6, 6.07) is 5.40. The maximum Gasteiger partial charge on any atom is 0.433 e. The summed E-state index contributed by atoms with van der Waals surface area (Å²) in [5, 5.41) is 5.10. The van der Waals surface area contributed by atoms with Gasteiger partial charge in [0.1, 0.15) is 22.7 Å². The molecule has 5 rings (SSSR count). The number of alkyl halides is 3. The molecule has 1 saturated carbocycles. The van der Waals surface area contributed by atoms with E-state index in [1.54, 1.807) is 37.0 Å². The van der Waals surface area contributed by atoms with Gasteiger partial charge in [0.15, 0.2) is 5.65 Å². The second kappa shape index (κ2) is 8.23. The average molecular weight is 470 g/mol. The normalized spacial score (nSPS) is 15.0. The summed E-state index contributed by atoms with van der Waals surface area (Å²) in [6.07, 6.45) is 0.403. The van der Waals surface area contributed by atoms with E-state index >= 15 is 0 Å². The van der Waals surface area contributed by atoms with E-state index < -0.39 is 17.9 Å². The van der Waals surface area contributed by atoms with Crippen LogP contribution in [0.15, 0.2) is 41.5 Å². The molecule has 34 heavy (non-hydrogen) atoms. The fourth-order valence-corrected chi connectivity index (χ4v) is 3.88. The highest BCUT2D eigenvalue weighted by molar-refractivity contribution is 5.78. The number of rotatable bonds is 6. The zero-order chi connectivity index (χ0) is 24.0. The Kier molecular flexibility index (Phi) is 5.34. The Hall–Kier alpha value is -3.76. The first-order valence-corrected chi connectivity index (χ1v) is 10.8. The summed E-state index contributed by atoms with van der Waals surface area (Å²) in [7, 11) is 1.55. The highest BCUT2D eigenvalue weighted by Gasteiger charge is 2.34. The SMILES string of the molecule is COc1ccc(Cc2nc3c(c(C4CC4)nn3[C@H](C)c3ccc(C(F)(F)F)nc3)c(=O)[nH]2)nc1. The standard InChI is InChI=1S/C23H21F3N6O2/c1-12(14-5-8-17(28-10-14)23(24,25)26)32-21-19(20(31-32)13-3-4-13)22(33)30-18(29-21)9-15-6-7-16(34-2)11-27-15/h5-8,10-13H,3-4,9H2,1-2H3,(H,29,30,33)/t12-/m1/s1. The van der Waals surface area contributed by atoms with Crippen LogP contribution in [-0.4, -0.2) is 36.8 Å². The summed E-state index contributed by atoms with van der Waals surface area (Å²) in [6.45, 7) is 1.79. The minimum Gasteiger partial charge on any atom is -0.495 e. The summed E-state index contributed by atoms with van der Waals surface area (Å²) in [4.78, 5) is 28.4. The summed E-state index contributed by atoms with van der Waals surface area (Å²) >= 11 is 0. The lowest BCUT2D eigenvalue weighted by Gasteiger charge is -2.14. The molecule has 8 nitrogen and oxygen atoms in total. The van der Waals surface area contributed by atoms with Crippen molar-refractivity contribution in [2.24, 2.45) is 0 Å². The van der Waals surface area contributed by atoms with Gasteiger partial charge in [0, 0.05) is 24.2 Å². The molecule has 4 heterocycles. The highest BCUT2D eigenvalue weighted by Crippen LogP contribution is 2.42. The van der Waals surface area contributed by atoms with Gasteiger partial charge in [0.05, 0.1) is 25.0 Å². The molecule has 0 saturated heterocycles. The van der Waals surface area contributed by atoms with Gasteiger partial charge in [-0.25, -0.2) is 9.67 Å². The lowest BCUT2D eigenvalue weighted by molar-refractivity contribution is -0.141. The maximum absolute atomic E-state index is 13.0. The summed E-state index contributed by atoms with van der Waals surface area (Å²) in [5.41, 5.74) is 1.03. The van der Waals surface area contributed by atoms with Crippen molar-refractivity contribution in [3.8, 4) is 5.75 Å². The van der Waals surface area contributed by atoms with Crippen LogP contribution in [0.5, 0.6) is 5.75 Å². The van der Waals surface area contributed by atoms with Crippen LogP contribution in [0.4, 0.5) is 13.2 Å². The number of methoxy groups -OCH3 is 1. The molecule has 176 valence electrons. The molecular weight excluding hydrogens is 449 g/mol. The van der Waals surface area contributed by atoms with E-state index in [0.29, 0.717) is 39.6 Å². The van der Waals surface area contributed by atoms with Gasteiger partial charge in [-0.15, -0.1) is 0 Å². The van der Waals surface area contributed by atoms with E-state index in [4.69, 9.17) is 4.74 Å². The number of halogens is 3. The lowest BCUT2D eigenvalue weighted by atomic mass is 10.1. The molecule has 1 N–H and O–H groups in total. The van der Waals surface area contributed by atoms with Crippen molar-refractivity contribution < 1.29 is 17.9 Å². The number of ether oxygens (including phenoxy) is 1. The smallest absolute Gasteiger partial charge is 0.433 e. The van der Waals surface area contributed by atoms with Crippen LogP contribution in [0.25, 0.3) is 11.0 Å². The zero-order valence-electron chi connectivity index (χ0n) is 18.4. The molecule has 0 spiro atoms. The van der Waals surface area contributed by atoms with Crippen LogP contribution in [0.2, 0.25) is 0 Å². The topological polar surface area (TPSA) is 98.6 Å². The first kappa shape index (κ1) is 22.1. The minimum atomic E-state index is -4.52. The van der Waals surface area contributed by atoms with Gasteiger partial charge in [-0.1, -0.05) is 6.07 Å². The number of hydrogen-bond donors (Lipinski definition) is 1. The second-order valence-electron chi connectivity index (χ2n) is 8.33. The van der Waals surface area contributed by atoms with E-state index in [1.807, 2.05) is 0 Å². The van der Waals surface area contributed by atoms with Gasteiger partial charge in [0.2, 0.25) is 0 Å². The monoisotopic (exact) mass is 470 g/mol. The summed E-state index contributed by atoms with van der Waals surface area (Å²) < 4.78 is 45.5. The Morgan fingerprint density at radius 2 is 1.97 bits per heavy atom. The molecule has 11 heteroatoms. The van der Waals surface area contributed by atoms with Crippen molar-refractivity contribution >= 4 is 11.0 Å². The van der Waals surface area contributed by atoms with Gasteiger partial charge >= 0.3 is 6.18 Å². The Balaban J connectivity index is 1.56. The van der Waals surface area contributed by atoms with Crippen molar-refractivity contribution in [1.29, 1.82) is 0 Å². The molecule has 0 amide bonds. The number of H-pyrrole nitrogens is 1. The van der Waals surface area contributed by atoms with E-state index in [0.717, 1.165) is 18.9 Å². The highest BCUT2D eigenvalue weighted by atomic mass is 19.4. The third-order valence-corrected chi connectivity index (χ3v) is 5.91. The number of nitrogens with one attached hydrogen (secondary N) is 1. The molecule has 0 aliphatic heterocycles. The third-order valence-electron chi connectivity index (χ3n) is 5.91. The Morgan fingerprint density at radius 1 is 1.18 bits per heavy atom. The van der Waals surface area contributed by atoms with E-state index in [1.165, 1.54) is 12.3 Å². The first-order valence-electron chi connectivity index (χ1n) is 10.8. The molecule has 0 aromatic carbocycles. The van der Waals surface area contributed by atoms with Crippen LogP contribution in [0, 0.1) is 0 Å². The predicted molar refractivity (Wildman–Crippen MR) is 117 cm³/mol. The molecule has 0 radical (unpaired) electrons. The van der Waals surface area contributed by atoms with E-state index in [-0.39, 0.29) is 17.9 Å². The number of aromatic amines is 1. The molecule has 1 fully saturated rings. The van der Waals surface area contributed by atoms with Gasteiger partial charge < -0.3 is 9.72 Å². The Morgan fingerprint density at radius 3 is 2.56 bits per heavy atom. The number of aromatic nitrogens is 6. The van der Waals surface area contributed by atoms with Gasteiger partial charge in [-0.05, 0) is 43.5 Å². The molecule has 0 bridgehead atoms. The van der Waals surface area contributed by atoms with Crippen LogP contribution >= 0.6 is 0 Å². The van der Waals surface area contributed by atoms with Crippen molar-refractivity contribution in [2.75, 3.05) is 7.11 Å². The molecule has 0 unspecified atom stereocenters. The van der Waals surface area contributed by atoms with Crippen LogP contribution < -0.4 is 10.3 Å². The zero-order valence-corrected chi connectivity index (χ0v) is 18.4. The number of fused-ring (bicyclic) bond motifs is 1.